The number of methoxy groups -OCH3 is 1. The summed E-state index contributed by atoms with van der Waals surface area (Å²) in [7, 11) is 1.28. The van der Waals surface area contributed by atoms with Gasteiger partial charge in [-0.05, 0) is 48.9 Å². The predicted octanol–water partition coefficient (Wildman–Crippen LogP) is 3.66. The standard InChI is InChI=1S/C29H28N4O4/c1-20-25(31-28(37-20)22-11-5-3-6-12-22)16-17-36-24-15-9-10-21(18-24)19-26(27(30)29(34)35-2)33-32-23-13-7-4-8-14-23/h3-15,18,30,32H,16-17,19H2,1-2H3/p+1/b30-27?,33-26-. The lowest BCUT2D eigenvalue weighted by Gasteiger charge is -2.09. The van der Waals surface area contributed by atoms with Crippen LogP contribution in [0, 0.1) is 6.92 Å². The fraction of sp³-hybridized carbons (Fsp3) is 0.172. The first-order valence-electron chi connectivity index (χ1n) is 11.9. The molecule has 0 amide bonds. The van der Waals surface area contributed by atoms with E-state index in [9.17, 15) is 4.79 Å². The zero-order chi connectivity index (χ0) is 26.0. The van der Waals surface area contributed by atoms with Crippen LogP contribution < -0.4 is 15.6 Å². The van der Waals surface area contributed by atoms with E-state index >= 15 is 0 Å². The number of nitrogens with one attached hydrogen (secondary N) is 1. The number of carbonyl (C=O) groups is 1. The molecule has 0 aliphatic heterocycles. The number of nitrogens with zero attached hydrogens (tertiary/aromatic N) is 2. The fourth-order valence-corrected chi connectivity index (χ4v) is 3.64. The smallest absolute Gasteiger partial charge is 0.404 e. The van der Waals surface area contributed by atoms with Crippen LogP contribution in [-0.4, -0.2) is 36.1 Å². The van der Waals surface area contributed by atoms with Crippen LogP contribution in [0.5, 0.6) is 5.75 Å². The van der Waals surface area contributed by atoms with Crippen molar-refractivity contribution in [3.63, 3.8) is 0 Å². The number of anilines is 1. The number of hydrazone groups is 1. The Labute approximate surface area is 215 Å². The van der Waals surface area contributed by atoms with Crippen molar-refractivity contribution < 1.29 is 24.1 Å². The van der Waals surface area contributed by atoms with E-state index in [1.165, 1.54) is 7.11 Å². The van der Waals surface area contributed by atoms with Crippen LogP contribution >= 0.6 is 0 Å². The monoisotopic (exact) mass is 497 g/mol. The number of aryl methyl sites for hydroxylation is 1. The van der Waals surface area contributed by atoms with Crippen LogP contribution in [0.4, 0.5) is 5.69 Å². The van der Waals surface area contributed by atoms with Crippen molar-refractivity contribution in [1.29, 1.82) is 0 Å². The van der Waals surface area contributed by atoms with Gasteiger partial charge in [-0.1, -0.05) is 48.5 Å². The molecule has 0 atom stereocenters. The summed E-state index contributed by atoms with van der Waals surface area (Å²) in [4.78, 5) is 16.7. The number of hydrogen-bond acceptors (Lipinski definition) is 7. The number of ether oxygens (including phenoxy) is 2. The molecule has 188 valence electrons. The van der Waals surface area contributed by atoms with E-state index < -0.39 is 5.97 Å². The molecule has 37 heavy (non-hydrogen) atoms. The molecule has 0 unspecified atom stereocenters. The number of rotatable bonds is 11. The Kier molecular flexibility index (Phi) is 8.44. The third-order valence-electron chi connectivity index (χ3n) is 5.60. The molecule has 1 aromatic heterocycles. The van der Waals surface area contributed by atoms with Gasteiger partial charge >= 0.3 is 11.7 Å². The second-order valence-electron chi connectivity index (χ2n) is 8.25. The van der Waals surface area contributed by atoms with Gasteiger partial charge in [0.2, 0.25) is 5.89 Å². The minimum atomic E-state index is -0.640. The third kappa shape index (κ3) is 6.91. The summed E-state index contributed by atoms with van der Waals surface area (Å²) in [5, 5.41) is 10.4. The summed E-state index contributed by atoms with van der Waals surface area (Å²) < 4.78 is 16.6. The lowest BCUT2D eigenvalue weighted by molar-refractivity contribution is -0.148. The maximum absolute atomic E-state index is 12.1. The first-order chi connectivity index (χ1) is 18.0. The van der Waals surface area contributed by atoms with E-state index in [4.69, 9.17) is 19.3 Å². The van der Waals surface area contributed by atoms with Crippen molar-refractivity contribution >= 4 is 23.1 Å². The molecule has 0 radical (unpaired) electrons. The van der Waals surface area contributed by atoms with E-state index in [2.05, 4.69) is 15.5 Å². The van der Waals surface area contributed by atoms with E-state index in [0.717, 1.165) is 28.3 Å². The van der Waals surface area contributed by atoms with Gasteiger partial charge in [-0.15, -0.1) is 0 Å². The maximum Gasteiger partial charge on any atom is 0.404 e. The second kappa shape index (κ2) is 12.3. The maximum atomic E-state index is 12.1. The average molecular weight is 498 g/mol. The Morgan fingerprint density at radius 1 is 1.03 bits per heavy atom. The Bertz CT molecular complexity index is 1380. The minimum absolute atomic E-state index is 0.0621. The SMILES string of the molecule is COC(=O)C(=[NH2+])/C(Cc1cccc(OCCc2nc(-c3ccccc3)oc2C)c1)=N\Nc1ccccc1. The highest BCUT2D eigenvalue weighted by Crippen LogP contribution is 2.22. The largest absolute Gasteiger partial charge is 0.493 e. The molecule has 8 nitrogen and oxygen atoms in total. The van der Waals surface area contributed by atoms with Gasteiger partial charge in [0.15, 0.2) is 0 Å². The summed E-state index contributed by atoms with van der Waals surface area (Å²) in [6.45, 7) is 2.33. The summed E-state index contributed by atoms with van der Waals surface area (Å²) in [6, 6.07) is 26.8. The molecule has 0 saturated heterocycles. The third-order valence-corrected chi connectivity index (χ3v) is 5.60. The Balaban J connectivity index is 1.41. The van der Waals surface area contributed by atoms with E-state index in [0.29, 0.717) is 36.8 Å². The van der Waals surface area contributed by atoms with E-state index in [1.807, 2.05) is 91.9 Å². The number of oxazole rings is 1. The van der Waals surface area contributed by atoms with Gasteiger partial charge in [0, 0.05) is 18.4 Å². The Hall–Kier alpha value is -4.72. The van der Waals surface area contributed by atoms with Gasteiger partial charge in [-0.2, -0.15) is 5.10 Å². The topological polar surface area (TPSA) is 112 Å². The Morgan fingerprint density at radius 3 is 2.49 bits per heavy atom. The van der Waals surface area contributed by atoms with Gasteiger partial charge in [0.05, 0.1) is 25.1 Å². The van der Waals surface area contributed by atoms with Crippen molar-refractivity contribution in [1.82, 2.24) is 4.98 Å². The van der Waals surface area contributed by atoms with Gasteiger partial charge in [-0.25, -0.2) is 15.2 Å². The molecular weight excluding hydrogens is 468 g/mol. The van der Waals surface area contributed by atoms with Gasteiger partial charge in [-0.3, -0.25) is 5.43 Å². The van der Waals surface area contributed by atoms with E-state index in [-0.39, 0.29) is 5.71 Å². The molecule has 0 aliphatic rings. The molecule has 0 aliphatic carbocycles. The molecule has 3 N–H and O–H groups in total. The number of esters is 1. The summed E-state index contributed by atoms with van der Waals surface area (Å²) in [5.74, 6) is 1.43. The quantitative estimate of drug-likeness (QED) is 0.186. The van der Waals surface area contributed by atoms with Crippen molar-refractivity contribution in [2.45, 2.75) is 19.8 Å². The molecule has 1 heterocycles. The van der Waals surface area contributed by atoms with Gasteiger partial charge < -0.3 is 13.9 Å². The second-order valence-corrected chi connectivity index (χ2v) is 8.25. The fourth-order valence-electron chi connectivity index (χ4n) is 3.64. The predicted molar refractivity (Wildman–Crippen MR) is 142 cm³/mol. The zero-order valence-electron chi connectivity index (χ0n) is 20.8. The van der Waals surface area contributed by atoms with E-state index in [1.54, 1.807) is 0 Å². The van der Waals surface area contributed by atoms with Crippen LogP contribution in [0.15, 0.2) is 94.4 Å². The summed E-state index contributed by atoms with van der Waals surface area (Å²) in [6.07, 6.45) is 0.907. The molecule has 0 spiro atoms. The summed E-state index contributed by atoms with van der Waals surface area (Å²) in [5.41, 5.74) is 6.69. The number of nitrogens with two attached hydrogens (primary N) is 1. The van der Waals surface area contributed by atoms with Gasteiger partial charge in [0.25, 0.3) is 0 Å². The van der Waals surface area contributed by atoms with Crippen LogP contribution in [0.25, 0.3) is 11.5 Å². The Morgan fingerprint density at radius 2 is 1.76 bits per heavy atom. The summed E-state index contributed by atoms with van der Waals surface area (Å²) >= 11 is 0. The van der Waals surface area contributed by atoms with Crippen molar-refractivity contribution in [3.05, 3.63) is 102 Å². The molecule has 4 rings (SSSR count). The molecule has 3 aromatic carbocycles. The lowest BCUT2D eigenvalue weighted by Crippen LogP contribution is -2.51. The van der Waals surface area contributed by atoms with Crippen LogP contribution in [0.1, 0.15) is 17.0 Å². The molecule has 8 heteroatoms. The lowest BCUT2D eigenvalue weighted by atomic mass is 10.0. The number of para-hydroxylation sites is 1. The molecular formula is C29H29N4O4+. The molecule has 0 fully saturated rings. The first kappa shape index (κ1) is 25.4. The number of carbonyl (C=O) groups excluding carboxylic acids is 1. The van der Waals surface area contributed by atoms with Crippen LogP contribution in [0.3, 0.4) is 0 Å². The number of hydrogen-bond donors (Lipinski definition) is 2. The minimum Gasteiger partial charge on any atom is -0.493 e. The zero-order valence-corrected chi connectivity index (χ0v) is 20.8. The normalized spacial score (nSPS) is 11.1. The van der Waals surface area contributed by atoms with Crippen LogP contribution in [-0.2, 0) is 22.4 Å². The van der Waals surface area contributed by atoms with Crippen molar-refractivity contribution in [3.8, 4) is 17.2 Å². The number of benzene rings is 3. The highest BCUT2D eigenvalue weighted by Gasteiger charge is 2.24. The van der Waals surface area contributed by atoms with Crippen LogP contribution in [0.2, 0.25) is 0 Å². The molecule has 0 saturated carbocycles. The highest BCUT2D eigenvalue weighted by molar-refractivity contribution is 6.63. The van der Waals surface area contributed by atoms with Crippen molar-refractivity contribution in [2.24, 2.45) is 5.10 Å². The highest BCUT2D eigenvalue weighted by atomic mass is 16.5. The average Bonchev–Trinajstić information content (AvgIpc) is 3.31. The van der Waals surface area contributed by atoms with Crippen molar-refractivity contribution in [2.75, 3.05) is 19.1 Å². The molecule has 0 bridgehead atoms. The first-order valence-corrected chi connectivity index (χ1v) is 11.9. The molecule has 4 aromatic rings. The van der Waals surface area contributed by atoms with Gasteiger partial charge in [0.1, 0.15) is 17.2 Å². The number of aromatic nitrogens is 1.